The van der Waals surface area contributed by atoms with Crippen LogP contribution in [0.5, 0.6) is 0 Å². The van der Waals surface area contributed by atoms with Crippen molar-refractivity contribution in [3.8, 4) is 6.07 Å². The Hall–Kier alpha value is -2.24. The first-order chi connectivity index (χ1) is 12.0. The van der Waals surface area contributed by atoms with Crippen molar-refractivity contribution in [1.29, 1.82) is 5.26 Å². The average Bonchev–Trinajstić information content (AvgIpc) is 3.25. The van der Waals surface area contributed by atoms with Crippen LogP contribution in [0.2, 0.25) is 0 Å². The zero-order chi connectivity index (χ0) is 18.0. The number of piperidine rings is 1. The van der Waals surface area contributed by atoms with Crippen molar-refractivity contribution < 1.29 is 14.0 Å². The van der Waals surface area contributed by atoms with Crippen LogP contribution in [-0.4, -0.2) is 42.0 Å². The molecule has 1 aliphatic rings. The van der Waals surface area contributed by atoms with E-state index in [0.29, 0.717) is 21.9 Å². The maximum atomic E-state index is 14.2. The number of alkyl halides is 1. The molecule has 2 amide bonds. The van der Waals surface area contributed by atoms with E-state index in [0.717, 1.165) is 4.88 Å². The quantitative estimate of drug-likeness (QED) is 0.894. The molecule has 2 atom stereocenters. The molecular formula is C17H16FN3O2S2. The predicted molar refractivity (Wildman–Crippen MR) is 94.8 cm³/mol. The van der Waals surface area contributed by atoms with Gasteiger partial charge in [0.15, 0.2) is 0 Å². The van der Waals surface area contributed by atoms with E-state index in [9.17, 15) is 14.0 Å². The van der Waals surface area contributed by atoms with Crippen molar-refractivity contribution in [2.45, 2.75) is 25.6 Å². The van der Waals surface area contributed by atoms with Crippen LogP contribution in [0.25, 0.3) is 0 Å². The number of rotatable bonds is 3. The highest BCUT2D eigenvalue weighted by Crippen LogP contribution is 2.21. The molecule has 5 nitrogen and oxygen atoms in total. The van der Waals surface area contributed by atoms with Crippen LogP contribution < -0.4 is 5.32 Å². The van der Waals surface area contributed by atoms with Crippen molar-refractivity contribution in [3.05, 3.63) is 43.8 Å². The van der Waals surface area contributed by atoms with Crippen LogP contribution in [0.3, 0.4) is 0 Å². The van der Waals surface area contributed by atoms with Gasteiger partial charge in [-0.05, 0) is 31.5 Å². The summed E-state index contributed by atoms with van der Waals surface area (Å²) in [4.78, 5) is 28.3. The van der Waals surface area contributed by atoms with Gasteiger partial charge in [-0.1, -0.05) is 0 Å². The van der Waals surface area contributed by atoms with E-state index in [2.05, 4.69) is 5.32 Å². The van der Waals surface area contributed by atoms with Crippen molar-refractivity contribution in [2.75, 3.05) is 13.1 Å². The molecular weight excluding hydrogens is 361 g/mol. The summed E-state index contributed by atoms with van der Waals surface area (Å²) in [5.41, 5.74) is 0.429. The molecule has 0 radical (unpaired) electrons. The molecule has 3 heterocycles. The predicted octanol–water partition coefficient (Wildman–Crippen LogP) is 2.97. The van der Waals surface area contributed by atoms with E-state index in [-0.39, 0.29) is 24.8 Å². The van der Waals surface area contributed by atoms with E-state index in [1.54, 1.807) is 11.4 Å². The Morgan fingerprint density at radius 3 is 2.88 bits per heavy atom. The highest BCUT2D eigenvalue weighted by Gasteiger charge is 2.33. The monoisotopic (exact) mass is 377 g/mol. The summed E-state index contributed by atoms with van der Waals surface area (Å²) in [5.74, 6) is -0.557. The fourth-order valence-electron chi connectivity index (χ4n) is 2.73. The summed E-state index contributed by atoms with van der Waals surface area (Å²) < 4.78 is 14.2. The molecule has 0 bridgehead atoms. The molecule has 1 aliphatic heterocycles. The van der Waals surface area contributed by atoms with Gasteiger partial charge in [-0.15, -0.1) is 22.7 Å². The standard InChI is InChI=1S/C17H16FN3O2S2/c1-10-2-3-15(25-10)16(22)20-14-8-21(5-4-13(14)18)17(23)11-6-12(7-19)24-9-11/h2-3,6,9,13-14H,4-5,8H2,1H3,(H,20,22)/t13-,14+/m0/s1. The maximum Gasteiger partial charge on any atom is 0.261 e. The maximum absolute atomic E-state index is 14.2. The van der Waals surface area contributed by atoms with Gasteiger partial charge in [-0.25, -0.2) is 4.39 Å². The second-order valence-electron chi connectivity index (χ2n) is 5.86. The minimum Gasteiger partial charge on any atom is -0.344 e. The van der Waals surface area contributed by atoms with Crippen LogP contribution in [0.15, 0.2) is 23.6 Å². The fourth-order valence-corrected chi connectivity index (χ4v) is 4.17. The van der Waals surface area contributed by atoms with E-state index in [1.807, 2.05) is 19.1 Å². The second-order valence-corrected chi connectivity index (χ2v) is 8.06. The summed E-state index contributed by atoms with van der Waals surface area (Å²) in [7, 11) is 0. The summed E-state index contributed by atoms with van der Waals surface area (Å²) in [6, 6.07) is 6.35. The summed E-state index contributed by atoms with van der Waals surface area (Å²) in [6.07, 6.45) is -1.01. The number of likely N-dealkylation sites (tertiary alicyclic amines) is 1. The number of carbonyl (C=O) groups excluding carboxylic acids is 2. The van der Waals surface area contributed by atoms with E-state index in [1.165, 1.54) is 33.6 Å². The third kappa shape index (κ3) is 3.89. The Morgan fingerprint density at radius 1 is 1.44 bits per heavy atom. The number of nitrogens with one attached hydrogen (secondary N) is 1. The Bertz CT molecular complexity index is 839. The van der Waals surface area contributed by atoms with Gasteiger partial charge in [-0.2, -0.15) is 5.26 Å². The summed E-state index contributed by atoms with van der Waals surface area (Å²) in [5, 5.41) is 13.2. The smallest absolute Gasteiger partial charge is 0.261 e. The Labute approximate surface area is 152 Å². The third-order valence-electron chi connectivity index (χ3n) is 4.05. The molecule has 1 saturated heterocycles. The minimum atomic E-state index is -1.19. The average molecular weight is 377 g/mol. The van der Waals surface area contributed by atoms with Crippen LogP contribution in [0, 0.1) is 18.3 Å². The molecule has 0 unspecified atom stereocenters. The topological polar surface area (TPSA) is 73.2 Å². The fraction of sp³-hybridized carbons (Fsp3) is 0.353. The molecule has 0 aromatic carbocycles. The molecule has 8 heteroatoms. The van der Waals surface area contributed by atoms with E-state index < -0.39 is 12.2 Å². The van der Waals surface area contributed by atoms with Crippen molar-refractivity contribution in [1.82, 2.24) is 10.2 Å². The third-order valence-corrected chi connectivity index (χ3v) is 5.89. The lowest BCUT2D eigenvalue weighted by Gasteiger charge is -2.35. The number of hydrogen-bond acceptors (Lipinski definition) is 5. The van der Waals surface area contributed by atoms with Crippen LogP contribution in [0.1, 0.15) is 36.2 Å². The highest BCUT2D eigenvalue weighted by atomic mass is 32.1. The van der Waals surface area contributed by atoms with Gasteiger partial charge in [-0.3, -0.25) is 9.59 Å². The van der Waals surface area contributed by atoms with Crippen LogP contribution >= 0.6 is 22.7 Å². The van der Waals surface area contributed by atoms with Gasteiger partial charge in [0.2, 0.25) is 0 Å². The largest absolute Gasteiger partial charge is 0.344 e. The molecule has 1 N–H and O–H groups in total. The molecule has 1 fully saturated rings. The number of carbonyl (C=O) groups is 2. The van der Waals surface area contributed by atoms with Crippen LogP contribution in [0.4, 0.5) is 4.39 Å². The molecule has 2 aromatic heterocycles. The van der Waals surface area contributed by atoms with Gasteiger partial charge in [0, 0.05) is 23.3 Å². The molecule has 3 rings (SSSR count). The first-order valence-electron chi connectivity index (χ1n) is 7.77. The van der Waals surface area contributed by atoms with Gasteiger partial charge in [0.05, 0.1) is 16.5 Å². The van der Waals surface area contributed by atoms with Gasteiger partial charge < -0.3 is 10.2 Å². The van der Waals surface area contributed by atoms with Crippen LogP contribution in [-0.2, 0) is 0 Å². The molecule has 130 valence electrons. The number of aryl methyl sites for hydroxylation is 1. The SMILES string of the molecule is Cc1ccc(C(=O)N[C@@H]2CN(C(=O)c3csc(C#N)c3)CC[C@@H]2F)s1. The number of halogens is 1. The molecule has 25 heavy (non-hydrogen) atoms. The van der Waals surface area contributed by atoms with Crippen molar-refractivity contribution in [2.24, 2.45) is 0 Å². The number of nitriles is 1. The van der Waals surface area contributed by atoms with Gasteiger partial charge in [0.1, 0.15) is 17.1 Å². The zero-order valence-corrected chi connectivity index (χ0v) is 15.1. The molecule has 0 spiro atoms. The molecule has 0 aliphatic carbocycles. The first-order valence-corrected chi connectivity index (χ1v) is 9.47. The molecule has 2 aromatic rings. The van der Waals surface area contributed by atoms with Gasteiger partial charge >= 0.3 is 0 Å². The lowest BCUT2D eigenvalue weighted by molar-refractivity contribution is 0.0567. The second kappa shape index (κ2) is 7.33. The number of thiophene rings is 2. The van der Waals surface area contributed by atoms with Crippen molar-refractivity contribution >= 4 is 34.5 Å². The number of hydrogen-bond donors (Lipinski definition) is 1. The zero-order valence-electron chi connectivity index (χ0n) is 13.5. The summed E-state index contributed by atoms with van der Waals surface area (Å²) in [6.45, 7) is 2.31. The number of amides is 2. The van der Waals surface area contributed by atoms with Gasteiger partial charge in [0.25, 0.3) is 11.8 Å². The Morgan fingerprint density at radius 2 is 2.24 bits per heavy atom. The minimum absolute atomic E-state index is 0.119. The summed E-state index contributed by atoms with van der Waals surface area (Å²) >= 11 is 2.55. The first kappa shape index (κ1) is 17.6. The normalized spacial score (nSPS) is 20.1. The molecule has 0 saturated carbocycles. The Balaban J connectivity index is 1.67. The number of nitrogens with zero attached hydrogens (tertiary/aromatic N) is 2. The van der Waals surface area contributed by atoms with Crippen molar-refractivity contribution in [3.63, 3.8) is 0 Å². The van der Waals surface area contributed by atoms with E-state index in [4.69, 9.17) is 5.26 Å². The highest BCUT2D eigenvalue weighted by molar-refractivity contribution is 7.14. The Kier molecular flexibility index (Phi) is 5.16. The van der Waals surface area contributed by atoms with E-state index >= 15 is 0 Å². The lowest BCUT2D eigenvalue weighted by Crippen LogP contribution is -2.55. The lowest BCUT2D eigenvalue weighted by atomic mass is 10.0.